The Morgan fingerprint density at radius 1 is 1.39 bits per heavy atom. The molecule has 2 heterocycles. The lowest BCUT2D eigenvalue weighted by Crippen LogP contribution is -2.33. The van der Waals surface area contributed by atoms with Crippen molar-refractivity contribution in [2.45, 2.75) is 25.8 Å². The number of pyridine rings is 1. The van der Waals surface area contributed by atoms with Gasteiger partial charge in [-0.3, -0.25) is 9.78 Å². The topological polar surface area (TPSA) is 45.2 Å². The summed E-state index contributed by atoms with van der Waals surface area (Å²) in [5.74, 6) is 0.803. The van der Waals surface area contributed by atoms with Crippen molar-refractivity contribution in [3.8, 4) is 0 Å². The van der Waals surface area contributed by atoms with Crippen molar-refractivity contribution in [1.82, 2.24) is 15.2 Å². The highest BCUT2D eigenvalue weighted by atomic mass is 16.2. The molecule has 1 aromatic rings. The summed E-state index contributed by atoms with van der Waals surface area (Å²) in [7, 11) is 1.88. The van der Waals surface area contributed by atoms with Crippen LogP contribution in [0, 0.1) is 5.92 Å². The Hall–Kier alpha value is -1.42. The monoisotopic (exact) mass is 247 g/mol. The van der Waals surface area contributed by atoms with Gasteiger partial charge in [0.15, 0.2) is 0 Å². The number of carbonyl (C=O) groups excluding carboxylic acids is 1. The molecular weight excluding hydrogens is 226 g/mol. The zero-order valence-electron chi connectivity index (χ0n) is 10.9. The summed E-state index contributed by atoms with van der Waals surface area (Å²) in [6, 6.07) is 3.91. The van der Waals surface area contributed by atoms with E-state index in [1.807, 2.05) is 24.1 Å². The zero-order chi connectivity index (χ0) is 12.8. The summed E-state index contributed by atoms with van der Waals surface area (Å²) in [4.78, 5) is 17.9. The number of piperidine rings is 1. The molecule has 0 radical (unpaired) electrons. The molecule has 1 amide bonds. The van der Waals surface area contributed by atoms with Crippen molar-refractivity contribution in [1.29, 1.82) is 0 Å². The van der Waals surface area contributed by atoms with Crippen LogP contribution >= 0.6 is 0 Å². The smallest absolute Gasteiger partial charge is 0.222 e. The van der Waals surface area contributed by atoms with Crippen LogP contribution in [0.15, 0.2) is 24.5 Å². The van der Waals surface area contributed by atoms with Crippen LogP contribution in [0.3, 0.4) is 0 Å². The minimum Gasteiger partial charge on any atom is -0.341 e. The number of nitrogens with zero attached hydrogens (tertiary/aromatic N) is 2. The van der Waals surface area contributed by atoms with Crippen LogP contribution in [-0.4, -0.2) is 35.9 Å². The number of hydrogen-bond acceptors (Lipinski definition) is 3. The maximum absolute atomic E-state index is 12.1. The Labute approximate surface area is 108 Å². The van der Waals surface area contributed by atoms with E-state index in [-0.39, 0.29) is 5.91 Å². The molecule has 1 aromatic heterocycles. The van der Waals surface area contributed by atoms with Gasteiger partial charge < -0.3 is 10.2 Å². The third-order valence-electron chi connectivity index (χ3n) is 3.52. The second-order valence-corrected chi connectivity index (χ2v) is 5.00. The summed E-state index contributed by atoms with van der Waals surface area (Å²) in [6.07, 6.45) is 6.45. The van der Waals surface area contributed by atoms with E-state index >= 15 is 0 Å². The van der Waals surface area contributed by atoms with Gasteiger partial charge in [-0.25, -0.2) is 0 Å². The van der Waals surface area contributed by atoms with Gasteiger partial charge >= 0.3 is 0 Å². The molecular formula is C14H21N3O. The number of rotatable bonds is 4. The van der Waals surface area contributed by atoms with Gasteiger partial charge in [0, 0.05) is 32.4 Å². The van der Waals surface area contributed by atoms with Gasteiger partial charge in [-0.05, 0) is 49.5 Å². The average Bonchev–Trinajstić information content (AvgIpc) is 2.41. The predicted molar refractivity (Wildman–Crippen MR) is 70.9 cm³/mol. The van der Waals surface area contributed by atoms with Gasteiger partial charge in [0.25, 0.3) is 0 Å². The molecule has 4 heteroatoms. The third-order valence-corrected chi connectivity index (χ3v) is 3.52. The molecule has 0 spiro atoms. The van der Waals surface area contributed by atoms with Crippen LogP contribution in [0.2, 0.25) is 0 Å². The van der Waals surface area contributed by atoms with Gasteiger partial charge in [-0.15, -0.1) is 0 Å². The van der Waals surface area contributed by atoms with Gasteiger partial charge in [0.1, 0.15) is 0 Å². The lowest BCUT2D eigenvalue weighted by Gasteiger charge is -2.25. The normalized spacial score (nSPS) is 16.5. The number of amides is 1. The summed E-state index contributed by atoms with van der Waals surface area (Å²) < 4.78 is 0. The van der Waals surface area contributed by atoms with E-state index in [9.17, 15) is 4.79 Å². The Kier molecular flexibility index (Phi) is 4.70. The number of hydrogen-bond donors (Lipinski definition) is 1. The van der Waals surface area contributed by atoms with Crippen LogP contribution < -0.4 is 5.32 Å². The highest BCUT2D eigenvalue weighted by molar-refractivity contribution is 5.76. The Morgan fingerprint density at radius 2 is 2.06 bits per heavy atom. The molecule has 0 atom stereocenters. The fraction of sp³-hybridized carbons (Fsp3) is 0.571. The molecule has 1 aliphatic rings. The van der Waals surface area contributed by atoms with Crippen molar-refractivity contribution >= 4 is 5.91 Å². The van der Waals surface area contributed by atoms with Crippen LogP contribution in [0.1, 0.15) is 24.8 Å². The first-order chi connectivity index (χ1) is 8.75. The standard InChI is InChI=1S/C14H21N3O/c1-17(11-13-4-8-16-9-5-13)14(18)10-12-2-6-15-7-3-12/h4-5,8-9,12,15H,2-3,6-7,10-11H2,1H3. The zero-order valence-corrected chi connectivity index (χ0v) is 10.9. The molecule has 1 fully saturated rings. The van der Waals surface area contributed by atoms with Crippen molar-refractivity contribution in [3.63, 3.8) is 0 Å². The molecule has 4 nitrogen and oxygen atoms in total. The first kappa shape index (κ1) is 13.0. The summed E-state index contributed by atoms with van der Waals surface area (Å²) >= 11 is 0. The second-order valence-electron chi connectivity index (χ2n) is 5.00. The maximum atomic E-state index is 12.1. The average molecular weight is 247 g/mol. The Bertz CT molecular complexity index is 374. The highest BCUT2D eigenvalue weighted by Crippen LogP contribution is 2.17. The first-order valence-electron chi connectivity index (χ1n) is 6.59. The van der Waals surface area contributed by atoms with Gasteiger partial charge in [-0.1, -0.05) is 0 Å². The Balaban J connectivity index is 1.81. The minimum atomic E-state index is 0.249. The lowest BCUT2D eigenvalue weighted by atomic mass is 9.94. The van der Waals surface area contributed by atoms with E-state index in [4.69, 9.17) is 0 Å². The van der Waals surface area contributed by atoms with Crippen LogP contribution in [0.25, 0.3) is 0 Å². The molecule has 2 rings (SSSR count). The van der Waals surface area contributed by atoms with Gasteiger partial charge in [0.2, 0.25) is 5.91 Å². The van der Waals surface area contributed by atoms with E-state index < -0.39 is 0 Å². The van der Waals surface area contributed by atoms with Crippen molar-refractivity contribution in [2.75, 3.05) is 20.1 Å². The molecule has 0 aliphatic carbocycles. The molecule has 0 saturated carbocycles. The second kappa shape index (κ2) is 6.50. The van der Waals surface area contributed by atoms with E-state index in [2.05, 4.69) is 10.3 Å². The quantitative estimate of drug-likeness (QED) is 0.875. The molecule has 0 bridgehead atoms. The molecule has 1 aliphatic heterocycles. The maximum Gasteiger partial charge on any atom is 0.222 e. The van der Waals surface area contributed by atoms with E-state index in [0.717, 1.165) is 31.5 Å². The number of carbonyl (C=O) groups is 1. The van der Waals surface area contributed by atoms with E-state index in [0.29, 0.717) is 18.9 Å². The Morgan fingerprint density at radius 3 is 2.72 bits per heavy atom. The van der Waals surface area contributed by atoms with Crippen molar-refractivity contribution < 1.29 is 4.79 Å². The molecule has 98 valence electrons. The molecule has 18 heavy (non-hydrogen) atoms. The molecule has 0 unspecified atom stereocenters. The van der Waals surface area contributed by atoms with Crippen molar-refractivity contribution in [2.24, 2.45) is 5.92 Å². The fourth-order valence-corrected chi connectivity index (χ4v) is 2.34. The highest BCUT2D eigenvalue weighted by Gasteiger charge is 2.18. The van der Waals surface area contributed by atoms with Crippen molar-refractivity contribution in [3.05, 3.63) is 30.1 Å². The first-order valence-corrected chi connectivity index (χ1v) is 6.59. The molecule has 1 saturated heterocycles. The minimum absolute atomic E-state index is 0.249. The van der Waals surface area contributed by atoms with E-state index in [1.165, 1.54) is 0 Å². The summed E-state index contributed by atoms with van der Waals surface area (Å²) in [5.41, 5.74) is 1.13. The summed E-state index contributed by atoms with van der Waals surface area (Å²) in [5, 5.41) is 3.33. The predicted octanol–water partition coefficient (Wildman–Crippen LogP) is 1.43. The van der Waals surface area contributed by atoms with Gasteiger partial charge in [-0.2, -0.15) is 0 Å². The third kappa shape index (κ3) is 3.81. The van der Waals surface area contributed by atoms with Crippen LogP contribution in [0.4, 0.5) is 0 Å². The number of aromatic nitrogens is 1. The van der Waals surface area contributed by atoms with Crippen LogP contribution in [-0.2, 0) is 11.3 Å². The lowest BCUT2D eigenvalue weighted by molar-refractivity contribution is -0.131. The fourth-order valence-electron chi connectivity index (χ4n) is 2.34. The number of nitrogens with one attached hydrogen (secondary N) is 1. The molecule has 1 N–H and O–H groups in total. The SMILES string of the molecule is CN(Cc1ccncc1)C(=O)CC1CCNCC1. The summed E-state index contributed by atoms with van der Waals surface area (Å²) in [6.45, 7) is 2.77. The van der Waals surface area contributed by atoms with E-state index in [1.54, 1.807) is 12.4 Å². The van der Waals surface area contributed by atoms with Gasteiger partial charge in [0.05, 0.1) is 0 Å². The van der Waals surface area contributed by atoms with Crippen LogP contribution in [0.5, 0.6) is 0 Å². The largest absolute Gasteiger partial charge is 0.341 e. The molecule has 0 aromatic carbocycles.